The number of aliphatic carboxylic acids is 1. The van der Waals surface area contributed by atoms with Gasteiger partial charge in [-0.05, 0) is 134 Å². The lowest BCUT2D eigenvalue weighted by Gasteiger charge is -2.62. The van der Waals surface area contributed by atoms with Gasteiger partial charge in [0.2, 0.25) is 0 Å². The Morgan fingerprint density at radius 1 is 1.06 bits per heavy atom. The number of nitrogens with one attached hydrogen (secondary N) is 1. The van der Waals surface area contributed by atoms with Crippen LogP contribution in [0.4, 0.5) is 0 Å². The molecule has 0 amide bonds. The Kier molecular flexibility index (Phi) is 10.3. The summed E-state index contributed by atoms with van der Waals surface area (Å²) in [7, 11) is 0. The molecule has 0 spiro atoms. The summed E-state index contributed by atoms with van der Waals surface area (Å²) in [5, 5.41) is 44.7. The molecule has 4 saturated carbocycles. The fraction of sp³-hybridized carbons (Fsp3) is 0.721. The highest BCUT2D eigenvalue weighted by Gasteiger charge is 2.63. The van der Waals surface area contributed by atoms with Crippen LogP contribution in [0, 0.1) is 58.2 Å². The number of aromatic nitrogens is 1. The Balaban J connectivity index is 0.000000161. The molecule has 1 unspecified atom stereocenters. The van der Waals surface area contributed by atoms with Crippen molar-refractivity contribution in [3.05, 3.63) is 54.7 Å². The van der Waals surface area contributed by atoms with Crippen molar-refractivity contribution in [1.29, 1.82) is 0 Å². The van der Waals surface area contributed by atoms with Gasteiger partial charge in [-0.3, -0.25) is 4.98 Å². The number of rotatable bonds is 7. The molecule has 7 aliphatic rings. The van der Waals surface area contributed by atoms with Crippen LogP contribution in [0.15, 0.2) is 49.2 Å². The normalized spacial score (nSPS) is 43.0. The van der Waals surface area contributed by atoms with Crippen molar-refractivity contribution in [3.63, 3.8) is 0 Å². The predicted octanol–water partition coefficient (Wildman–Crippen LogP) is 4.89. The minimum atomic E-state index is -0.957. The van der Waals surface area contributed by atoms with Crippen LogP contribution in [0.3, 0.4) is 0 Å². The quantitative estimate of drug-likeness (QED) is 0.308. The summed E-state index contributed by atoms with van der Waals surface area (Å²) >= 11 is 0. The third-order valence-electron chi connectivity index (χ3n) is 16.0. The molecule has 3 aliphatic heterocycles. The summed E-state index contributed by atoms with van der Waals surface area (Å²) in [6.07, 6.45) is 14.9. The number of carbonyl (C=O) groups is 1. The number of benzene rings is 1. The summed E-state index contributed by atoms with van der Waals surface area (Å²) < 4.78 is 0. The van der Waals surface area contributed by atoms with Gasteiger partial charge in [-0.25, -0.2) is 0 Å². The molecule has 9 rings (SSSR count). The SMILES string of the molecule is C=C[C@H]1C[NH+]2CC[C@H]1C[C@@H]2[C@@H](O)c1ccnc2ccccc12.C[C@H](CCC(=O)[O-])[C@H]1CC[C@H]2[C@@H]3CC[C@@H]4C[C@H](O)CC[C@]4(C)[C@H]3C[C@H](O)[C@]12C. The average Bonchev–Trinajstić information content (AvgIpc) is 3.49. The van der Waals surface area contributed by atoms with E-state index in [-0.39, 0.29) is 29.5 Å². The largest absolute Gasteiger partial charge is 0.550 e. The molecule has 0 radical (unpaired) electrons. The fourth-order valence-corrected chi connectivity index (χ4v) is 13.2. The highest BCUT2D eigenvalue weighted by atomic mass is 16.4. The molecule has 50 heavy (non-hydrogen) atoms. The van der Waals surface area contributed by atoms with Crippen molar-refractivity contribution in [2.24, 2.45) is 58.2 Å². The standard InChI is InChI=1S/C24H40O4.C19H22N2O/c1-14(4-9-22(27)28)18-7-8-19-17-6-5-15-12-16(25)10-11-23(15,2)20(17)13-21(26)24(18,19)3;1-2-13-12-21-10-8-14(13)11-18(21)19(22)16-7-9-20-17-6-4-3-5-15(16)17/h14-21,25-26H,4-13H2,1-3H3,(H,27,28);2-7,9,13-14,18-19,22H,1,8,10-12H2/t14-,15-,16-,17+,18-,19+,20+,21+,23+,24-;13-,14-,18+,19-/m10/s1. The van der Waals surface area contributed by atoms with Crippen molar-refractivity contribution in [2.75, 3.05) is 13.1 Å². The summed E-state index contributed by atoms with van der Waals surface area (Å²) in [5.41, 5.74) is 2.19. The number of quaternary nitrogens is 1. The summed E-state index contributed by atoms with van der Waals surface area (Å²) in [6, 6.07) is 10.4. The van der Waals surface area contributed by atoms with Crippen LogP contribution >= 0.6 is 0 Å². The second kappa shape index (κ2) is 14.2. The second-order valence-electron chi connectivity index (χ2n) is 18.0. The van der Waals surface area contributed by atoms with Gasteiger partial charge in [-0.15, -0.1) is 6.58 Å². The van der Waals surface area contributed by atoms with Gasteiger partial charge in [-0.2, -0.15) is 0 Å². The highest BCUT2D eigenvalue weighted by molar-refractivity contribution is 5.82. The fourth-order valence-electron chi connectivity index (χ4n) is 13.2. The first-order chi connectivity index (χ1) is 23.9. The van der Waals surface area contributed by atoms with E-state index in [0.717, 1.165) is 61.5 Å². The Bertz CT molecular complexity index is 1530. The molecule has 4 heterocycles. The summed E-state index contributed by atoms with van der Waals surface area (Å²) in [6.45, 7) is 13.2. The zero-order valence-corrected chi connectivity index (χ0v) is 30.7. The molecule has 1 aromatic heterocycles. The van der Waals surface area contributed by atoms with Crippen LogP contribution in [-0.4, -0.2) is 57.6 Å². The smallest absolute Gasteiger partial charge is 0.131 e. The first kappa shape index (κ1) is 36.1. The van der Waals surface area contributed by atoms with E-state index >= 15 is 0 Å². The van der Waals surface area contributed by atoms with Crippen LogP contribution in [0.25, 0.3) is 10.9 Å². The number of para-hydroxylation sites is 1. The van der Waals surface area contributed by atoms with Crippen LogP contribution in [0.5, 0.6) is 0 Å². The topological polar surface area (TPSA) is 118 Å². The van der Waals surface area contributed by atoms with E-state index in [0.29, 0.717) is 59.8 Å². The van der Waals surface area contributed by atoms with E-state index in [1.54, 1.807) is 4.90 Å². The summed E-state index contributed by atoms with van der Waals surface area (Å²) in [5.74, 6) is 3.51. The second-order valence-corrected chi connectivity index (χ2v) is 18.0. The van der Waals surface area contributed by atoms with Crippen LogP contribution in [0.1, 0.15) is 109 Å². The average molecular weight is 687 g/mol. The summed E-state index contributed by atoms with van der Waals surface area (Å²) in [4.78, 5) is 16.9. The molecule has 7 heteroatoms. The van der Waals surface area contributed by atoms with Gasteiger partial charge in [0.05, 0.1) is 30.8 Å². The third-order valence-corrected chi connectivity index (χ3v) is 16.0. The van der Waals surface area contributed by atoms with Crippen molar-refractivity contribution < 1.29 is 30.1 Å². The van der Waals surface area contributed by atoms with Gasteiger partial charge in [0, 0.05) is 36.3 Å². The van der Waals surface area contributed by atoms with Gasteiger partial charge in [0.1, 0.15) is 12.1 Å². The number of carboxylic acids is 1. The van der Waals surface area contributed by atoms with Gasteiger partial charge in [-0.1, -0.05) is 45.0 Å². The predicted molar refractivity (Wildman–Crippen MR) is 194 cm³/mol. The van der Waals surface area contributed by atoms with Crippen molar-refractivity contribution in [1.82, 2.24) is 4.98 Å². The first-order valence-electron chi connectivity index (χ1n) is 20.0. The molecule has 2 aromatic rings. The maximum Gasteiger partial charge on any atom is 0.131 e. The lowest BCUT2D eigenvalue weighted by Crippen LogP contribution is -3.20. The monoisotopic (exact) mass is 686 g/mol. The van der Waals surface area contributed by atoms with Gasteiger partial charge < -0.3 is 30.1 Å². The molecule has 274 valence electrons. The number of hydrogen-bond donors (Lipinski definition) is 4. The van der Waals surface area contributed by atoms with Crippen LogP contribution < -0.4 is 10.0 Å². The molecular weight excluding hydrogens is 624 g/mol. The maximum absolute atomic E-state index is 11.5. The van der Waals surface area contributed by atoms with Crippen molar-refractivity contribution in [3.8, 4) is 0 Å². The molecule has 2 bridgehead atoms. The van der Waals surface area contributed by atoms with Gasteiger partial charge in [0.15, 0.2) is 0 Å². The number of carbonyl (C=O) groups excluding carboxylic acids is 1. The molecule has 3 saturated heterocycles. The van der Waals surface area contributed by atoms with Crippen molar-refractivity contribution >= 4 is 16.9 Å². The van der Waals surface area contributed by atoms with E-state index in [1.807, 2.05) is 30.5 Å². The number of nitrogens with zero attached hydrogens (tertiary/aromatic N) is 1. The lowest BCUT2D eigenvalue weighted by atomic mass is 9.43. The van der Waals surface area contributed by atoms with Gasteiger partial charge >= 0.3 is 0 Å². The molecule has 4 N–H and O–H groups in total. The minimum absolute atomic E-state index is 0.0795. The van der Waals surface area contributed by atoms with E-state index in [9.17, 15) is 25.2 Å². The molecule has 7 nitrogen and oxygen atoms in total. The Morgan fingerprint density at radius 3 is 2.60 bits per heavy atom. The molecule has 7 fully saturated rings. The molecule has 1 aromatic carbocycles. The zero-order valence-electron chi connectivity index (χ0n) is 30.7. The lowest BCUT2D eigenvalue weighted by molar-refractivity contribution is -0.949. The van der Waals surface area contributed by atoms with Crippen LogP contribution in [0.2, 0.25) is 0 Å². The minimum Gasteiger partial charge on any atom is -0.550 e. The highest BCUT2D eigenvalue weighted by Crippen LogP contribution is 2.68. The number of aliphatic hydroxyl groups is 3. The van der Waals surface area contributed by atoms with Crippen LogP contribution in [-0.2, 0) is 4.79 Å². The number of carboxylic acid groups (broad SMARTS) is 1. The van der Waals surface area contributed by atoms with E-state index < -0.39 is 12.1 Å². The number of fused-ring (bicyclic) bond motifs is 9. The maximum atomic E-state index is 11.5. The van der Waals surface area contributed by atoms with E-state index in [2.05, 4.69) is 44.5 Å². The van der Waals surface area contributed by atoms with E-state index in [1.165, 1.54) is 32.2 Å². The molecular formula is C43H62N2O5. The Hall–Kier alpha value is -2.32. The van der Waals surface area contributed by atoms with Gasteiger partial charge in [0.25, 0.3) is 0 Å². The number of aliphatic hydroxyl groups excluding tert-OH is 3. The first-order valence-corrected chi connectivity index (χ1v) is 20.0. The van der Waals surface area contributed by atoms with Crippen molar-refractivity contribution in [2.45, 2.75) is 122 Å². The Morgan fingerprint density at radius 2 is 1.86 bits per heavy atom. The van der Waals surface area contributed by atoms with E-state index in [4.69, 9.17) is 0 Å². The Labute approximate surface area is 299 Å². The number of piperidine rings is 3. The number of hydrogen-bond acceptors (Lipinski definition) is 6. The zero-order chi connectivity index (χ0) is 35.4. The third kappa shape index (κ3) is 6.26. The molecule has 15 atom stereocenters. The number of pyridine rings is 1. The molecule has 4 aliphatic carbocycles.